The van der Waals surface area contributed by atoms with E-state index in [1.165, 1.54) is 12.8 Å². The van der Waals surface area contributed by atoms with Gasteiger partial charge in [-0.2, -0.15) is 0 Å². The lowest BCUT2D eigenvalue weighted by molar-refractivity contribution is 0.205. The van der Waals surface area contributed by atoms with Gasteiger partial charge in [-0.1, -0.05) is 13.3 Å². The number of carboxylic acid groups (broad SMARTS) is 1. The van der Waals surface area contributed by atoms with Gasteiger partial charge in [0, 0.05) is 0 Å². The van der Waals surface area contributed by atoms with Gasteiger partial charge in [-0.25, -0.2) is 4.79 Å². The van der Waals surface area contributed by atoms with Crippen LogP contribution >= 0.6 is 11.8 Å². The zero-order chi connectivity index (χ0) is 9.98. The summed E-state index contributed by atoms with van der Waals surface area (Å²) in [6.45, 7) is 3.96. The summed E-state index contributed by atoms with van der Waals surface area (Å²) >= 11 is 1.61. The Hall–Kier alpha value is -0.420. The van der Waals surface area contributed by atoms with Crippen LogP contribution in [0.15, 0.2) is 0 Å². The minimum Gasteiger partial charge on any atom is -0.465 e. The quantitative estimate of drug-likeness (QED) is 0.468. The predicted octanol–water partition coefficient (Wildman–Crippen LogP) is 1.48. The molecule has 1 atom stereocenters. The van der Waals surface area contributed by atoms with Crippen molar-refractivity contribution in [2.45, 2.75) is 32.1 Å². The van der Waals surface area contributed by atoms with E-state index in [4.69, 9.17) is 15.0 Å². The van der Waals surface area contributed by atoms with Crippen molar-refractivity contribution >= 4 is 17.9 Å². The minimum absolute atomic E-state index is 0.179. The Kier molecular flexibility index (Phi) is 12.5. The summed E-state index contributed by atoms with van der Waals surface area (Å²) in [6.07, 6.45) is 1.11. The fourth-order valence-corrected chi connectivity index (χ4v) is 1.19. The molecular formula is C7H17NO3S. The normalized spacial score (nSPS) is 11.2. The fraction of sp³-hybridized carbons (Fsp3) is 0.857. The molecule has 0 spiro atoms. The summed E-state index contributed by atoms with van der Waals surface area (Å²) < 4.78 is 0. The molecule has 0 aliphatic heterocycles. The van der Waals surface area contributed by atoms with E-state index in [1.807, 2.05) is 0 Å². The van der Waals surface area contributed by atoms with Crippen LogP contribution in [0.5, 0.6) is 0 Å². The van der Waals surface area contributed by atoms with Gasteiger partial charge in [0.15, 0.2) is 0 Å². The number of unbranched alkanes of at least 4 members (excludes halogenated alkanes) is 1. The SMILES string of the molecule is CCCCSC(C)O.NC(=O)O. The summed E-state index contributed by atoms with van der Waals surface area (Å²) in [5, 5.41) is 15.9. The Morgan fingerprint density at radius 3 is 2.33 bits per heavy atom. The highest BCUT2D eigenvalue weighted by Gasteiger charge is 1.92. The first-order valence-electron chi connectivity index (χ1n) is 3.78. The van der Waals surface area contributed by atoms with Crippen molar-refractivity contribution in [2.75, 3.05) is 5.75 Å². The molecule has 0 aliphatic carbocycles. The van der Waals surface area contributed by atoms with E-state index in [2.05, 4.69) is 12.7 Å². The third-order valence-electron chi connectivity index (χ3n) is 0.857. The Morgan fingerprint density at radius 1 is 1.67 bits per heavy atom. The molecule has 1 unspecified atom stereocenters. The van der Waals surface area contributed by atoms with Gasteiger partial charge >= 0.3 is 6.09 Å². The van der Waals surface area contributed by atoms with Crippen LogP contribution in [-0.4, -0.2) is 27.5 Å². The first-order valence-corrected chi connectivity index (χ1v) is 4.83. The number of aliphatic hydroxyl groups excluding tert-OH is 1. The van der Waals surface area contributed by atoms with E-state index in [1.54, 1.807) is 18.7 Å². The van der Waals surface area contributed by atoms with Crippen LogP contribution in [0.2, 0.25) is 0 Å². The van der Waals surface area contributed by atoms with Crippen LogP contribution < -0.4 is 5.73 Å². The zero-order valence-corrected chi connectivity index (χ0v) is 8.30. The van der Waals surface area contributed by atoms with Gasteiger partial charge in [0.1, 0.15) is 0 Å². The van der Waals surface area contributed by atoms with E-state index in [-0.39, 0.29) is 5.44 Å². The maximum Gasteiger partial charge on any atom is 0.402 e. The third-order valence-corrected chi connectivity index (χ3v) is 1.86. The number of amides is 1. The monoisotopic (exact) mass is 195 g/mol. The summed E-state index contributed by atoms with van der Waals surface area (Å²) in [5.41, 5.74) is 3.85. The Labute approximate surface area is 77.1 Å². The van der Waals surface area contributed by atoms with Crippen LogP contribution in [0.4, 0.5) is 4.79 Å². The molecule has 0 saturated carbocycles. The number of hydrogen-bond acceptors (Lipinski definition) is 3. The van der Waals surface area contributed by atoms with Gasteiger partial charge in [0.2, 0.25) is 0 Å². The highest BCUT2D eigenvalue weighted by molar-refractivity contribution is 7.99. The van der Waals surface area contributed by atoms with Gasteiger partial charge in [-0.3, -0.25) is 0 Å². The molecule has 74 valence electrons. The average molecular weight is 195 g/mol. The standard InChI is InChI=1S/C6H14OS.CH3NO2/c1-3-4-5-8-6(2)7;2-1(3)4/h6-7H,3-5H2,1-2H3;2H2,(H,3,4). The Bertz CT molecular complexity index is 105. The number of aliphatic hydroxyl groups is 1. The largest absolute Gasteiger partial charge is 0.465 e. The van der Waals surface area contributed by atoms with Gasteiger partial charge in [-0.15, -0.1) is 11.8 Å². The molecule has 0 aliphatic rings. The second-order valence-electron chi connectivity index (χ2n) is 2.16. The highest BCUT2D eigenvalue weighted by Crippen LogP contribution is 2.08. The summed E-state index contributed by atoms with van der Waals surface area (Å²) in [7, 11) is 0. The predicted molar refractivity (Wildman–Crippen MR) is 51.3 cm³/mol. The molecular weight excluding hydrogens is 178 g/mol. The molecule has 0 rings (SSSR count). The highest BCUT2D eigenvalue weighted by atomic mass is 32.2. The molecule has 0 aromatic heterocycles. The maximum absolute atomic E-state index is 8.78. The number of thioether (sulfide) groups is 1. The second-order valence-corrected chi connectivity index (χ2v) is 3.59. The molecule has 0 fully saturated rings. The van der Waals surface area contributed by atoms with Crippen molar-refractivity contribution in [1.29, 1.82) is 0 Å². The molecule has 4 nitrogen and oxygen atoms in total. The Morgan fingerprint density at radius 2 is 2.08 bits per heavy atom. The molecule has 0 heterocycles. The third kappa shape index (κ3) is 33.6. The van der Waals surface area contributed by atoms with E-state index < -0.39 is 6.09 Å². The van der Waals surface area contributed by atoms with Crippen LogP contribution in [0.3, 0.4) is 0 Å². The minimum atomic E-state index is -1.33. The van der Waals surface area contributed by atoms with Crippen LogP contribution in [0.1, 0.15) is 26.7 Å². The number of hydrogen-bond donors (Lipinski definition) is 3. The van der Waals surface area contributed by atoms with E-state index in [0.29, 0.717) is 0 Å². The van der Waals surface area contributed by atoms with E-state index >= 15 is 0 Å². The lowest BCUT2D eigenvalue weighted by atomic mass is 10.4. The lowest BCUT2D eigenvalue weighted by Crippen LogP contribution is -2.03. The number of carbonyl (C=O) groups is 1. The number of primary amides is 1. The number of rotatable bonds is 4. The molecule has 5 heteroatoms. The molecule has 0 radical (unpaired) electrons. The maximum atomic E-state index is 8.78. The van der Waals surface area contributed by atoms with Gasteiger partial charge in [0.25, 0.3) is 0 Å². The van der Waals surface area contributed by atoms with Crippen molar-refractivity contribution in [3.05, 3.63) is 0 Å². The second kappa shape index (κ2) is 10.6. The van der Waals surface area contributed by atoms with Crippen LogP contribution in [0, 0.1) is 0 Å². The fourth-order valence-electron chi connectivity index (χ4n) is 0.398. The molecule has 12 heavy (non-hydrogen) atoms. The van der Waals surface area contributed by atoms with Crippen molar-refractivity contribution in [2.24, 2.45) is 5.73 Å². The molecule has 1 amide bonds. The molecule has 0 saturated heterocycles. The van der Waals surface area contributed by atoms with Crippen molar-refractivity contribution in [3.8, 4) is 0 Å². The summed E-state index contributed by atoms with van der Waals surface area (Å²) in [4.78, 5) is 8.78. The van der Waals surface area contributed by atoms with Crippen LogP contribution in [0.25, 0.3) is 0 Å². The first kappa shape index (κ1) is 14.1. The summed E-state index contributed by atoms with van der Waals surface area (Å²) in [6, 6.07) is 0. The van der Waals surface area contributed by atoms with Gasteiger partial charge in [-0.05, 0) is 19.1 Å². The van der Waals surface area contributed by atoms with Gasteiger partial charge in [0.05, 0.1) is 5.44 Å². The Balaban J connectivity index is 0. The molecule has 0 bridgehead atoms. The molecule has 0 aromatic carbocycles. The van der Waals surface area contributed by atoms with Crippen molar-refractivity contribution in [1.82, 2.24) is 0 Å². The lowest BCUT2D eigenvalue weighted by Gasteiger charge is -2.00. The molecule has 4 N–H and O–H groups in total. The molecule has 0 aromatic rings. The number of nitrogens with two attached hydrogens (primary N) is 1. The summed E-state index contributed by atoms with van der Waals surface area (Å²) in [5.74, 6) is 1.09. The van der Waals surface area contributed by atoms with E-state index in [9.17, 15) is 0 Å². The van der Waals surface area contributed by atoms with Crippen molar-refractivity contribution in [3.63, 3.8) is 0 Å². The first-order chi connectivity index (χ1) is 5.50. The van der Waals surface area contributed by atoms with Crippen molar-refractivity contribution < 1.29 is 15.0 Å². The van der Waals surface area contributed by atoms with Gasteiger partial charge < -0.3 is 15.9 Å². The van der Waals surface area contributed by atoms with Crippen LogP contribution in [-0.2, 0) is 0 Å². The average Bonchev–Trinajstić information content (AvgIpc) is 1.86. The zero-order valence-electron chi connectivity index (χ0n) is 7.49. The topological polar surface area (TPSA) is 83.5 Å². The smallest absolute Gasteiger partial charge is 0.402 e. The van der Waals surface area contributed by atoms with E-state index in [0.717, 1.165) is 5.75 Å².